The molecule has 136 valence electrons. The second-order valence-corrected chi connectivity index (χ2v) is 6.68. The Labute approximate surface area is 155 Å². The summed E-state index contributed by atoms with van der Waals surface area (Å²) < 4.78 is 14.0. The van der Waals surface area contributed by atoms with Crippen LogP contribution in [0.4, 0.5) is 16.2 Å². The van der Waals surface area contributed by atoms with Crippen LogP contribution in [0.25, 0.3) is 11.0 Å². The number of anilines is 2. The molecule has 1 aliphatic heterocycles. The van der Waals surface area contributed by atoms with Gasteiger partial charge in [-0.05, 0) is 19.1 Å². The summed E-state index contributed by atoms with van der Waals surface area (Å²) in [4.78, 5) is 11.4. The molecule has 0 amide bonds. The molecule has 0 unspecified atom stereocenters. The van der Waals surface area contributed by atoms with Gasteiger partial charge in [-0.2, -0.15) is 10.1 Å². The van der Waals surface area contributed by atoms with E-state index in [1.807, 2.05) is 6.92 Å². The lowest BCUT2D eigenvalue weighted by atomic mass is 10.2. The van der Waals surface area contributed by atoms with Crippen LogP contribution in [0.5, 0.6) is 0 Å². The van der Waals surface area contributed by atoms with E-state index in [2.05, 4.69) is 35.7 Å². The van der Waals surface area contributed by atoms with Crippen LogP contribution in [-0.2, 0) is 6.54 Å². The number of nitrogens with one attached hydrogen (secondary N) is 3. The van der Waals surface area contributed by atoms with Crippen LogP contribution in [0, 0.1) is 12.7 Å². The Balaban J connectivity index is 1.66. The number of aromatic nitrogens is 4. The van der Waals surface area contributed by atoms with Crippen molar-refractivity contribution in [3.05, 3.63) is 40.3 Å². The van der Waals surface area contributed by atoms with Gasteiger partial charge in [0.25, 0.3) is 0 Å². The van der Waals surface area contributed by atoms with Crippen LogP contribution >= 0.6 is 11.6 Å². The monoisotopic (exact) mass is 375 g/mol. The number of fused-ring (bicyclic) bond motifs is 1. The summed E-state index contributed by atoms with van der Waals surface area (Å²) in [5.74, 6) is 0.889. The molecular formula is C17H19ClFN7. The smallest absolute Gasteiger partial charge is 0.228 e. The van der Waals surface area contributed by atoms with Gasteiger partial charge in [0.1, 0.15) is 11.3 Å². The molecule has 0 saturated carbocycles. The first-order valence-electron chi connectivity index (χ1n) is 8.48. The van der Waals surface area contributed by atoms with Crippen molar-refractivity contribution in [1.82, 2.24) is 25.5 Å². The van der Waals surface area contributed by atoms with E-state index >= 15 is 0 Å². The Morgan fingerprint density at radius 3 is 2.81 bits per heavy atom. The molecule has 0 bridgehead atoms. The van der Waals surface area contributed by atoms with Gasteiger partial charge < -0.3 is 15.5 Å². The molecule has 26 heavy (non-hydrogen) atoms. The molecule has 1 fully saturated rings. The normalized spacial score (nSPS) is 14.8. The molecule has 7 nitrogen and oxygen atoms in total. The maximum atomic E-state index is 14.0. The maximum Gasteiger partial charge on any atom is 0.228 e. The zero-order chi connectivity index (χ0) is 18.1. The number of aryl methyl sites for hydroxylation is 1. The number of benzene rings is 1. The minimum absolute atomic E-state index is 0.280. The van der Waals surface area contributed by atoms with Gasteiger partial charge in [0.15, 0.2) is 11.3 Å². The molecule has 0 radical (unpaired) electrons. The molecule has 3 heterocycles. The summed E-state index contributed by atoms with van der Waals surface area (Å²) >= 11 is 5.82. The predicted octanol–water partition coefficient (Wildman–Crippen LogP) is 2.48. The highest BCUT2D eigenvalue weighted by Gasteiger charge is 2.18. The van der Waals surface area contributed by atoms with Gasteiger partial charge in [-0.25, -0.2) is 9.37 Å². The lowest BCUT2D eigenvalue weighted by Gasteiger charge is -2.27. The third kappa shape index (κ3) is 3.30. The van der Waals surface area contributed by atoms with E-state index in [9.17, 15) is 4.39 Å². The molecule has 9 heteroatoms. The molecule has 4 rings (SSSR count). The second kappa shape index (κ2) is 7.05. The van der Waals surface area contributed by atoms with Crippen molar-refractivity contribution in [2.24, 2.45) is 0 Å². The first kappa shape index (κ1) is 17.0. The maximum absolute atomic E-state index is 14.0. The zero-order valence-corrected chi connectivity index (χ0v) is 15.1. The van der Waals surface area contributed by atoms with Gasteiger partial charge in [0.05, 0.1) is 5.69 Å². The van der Waals surface area contributed by atoms with Crippen LogP contribution in [-0.4, -0.2) is 46.3 Å². The highest BCUT2D eigenvalue weighted by atomic mass is 35.5. The number of hydrogen-bond acceptors (Lipinski definition) is 6. The SMILES string of the molecule is Cc1[nH]nc2c(NCc3ccc(Cl)cc3F)nc(N3CCNCC3)nc12. The average molecular weight is 376 g/mol. The Kier molecular flexibility index (Phi) is 4.60. The fourth-order valence-electron chi connectivity index (χ4n) is 2.98. The summed E-state index contributed by atoms with van der Waals surface area (Å²) in [6, 6.07) is 4.64. The lowest BCUT2D eigenvalue weighted by Crippen LogP contribution is -2.44. The molecule has 1 saturated heterocycles. The largest absolute Gasteiger partial charge is 0.364 e. The number of aromatic amines is 1. The Hall–Kier alpha value is -2.45. The van der Waals surface area contributed by atoms with E-state index in [1.165, 1.54) is 6.07 Å². The molecule has 1 aromatic carbocycles. The second-order valence-electron chi connectivity index (χ2n) is 6.24. The number of piperazine rings is 1. The Morgan fingerprint density at radius 1 is 1.23 bits per heavy atom. The standard InChI is InChI=1S/C17H19ClFN7/c1-10-14-15(25-24-10)16(21-9-11-2-3-12(18)8-13(11)19)23-17(22-14)26-6-4-20-5-7-26/h2-3,8,20H,4-7,9H2,1H3,(H,24,25)(H,21,22,23). The summed E-state index contributed by atoms with van der Waals surface area (Å²) in [6.45, 7) is 5.67. The molecular weight excluding hydrogens is 357 g/mol. The number of hydrogen-bond donors (Lipinski definition) is 3. The molecule has 3 aromatic rings. The summed E-state index contributed by atoms with van der Waals surface area (Å²) in [5.41, 5.74) is 2.81. The molecule has 1 aliphatic rings. The van der Waals surface area contributed by atoms with Gasteiger partial charge in [0.2, 0.25) is 5.95 Å². The minimum Gasteiger partial charge on any atom is -0.364 e. The summed E-state index contributed by atoms with van der Waals surface area (Å²) in [6.07, 6.45) is 0. The minimum atomic E-state index is -0.351. The average Bonchev–Trinajstić information content (AvgIpc) is 3.03. The molecule has 3 N–H and O–H groups in total. The van der Waals surface area contributed by atoms with Crippen molar-refractivity contribution in [3.8, 4) is 0 Å². The van der Waals surface area contributed by atoms with E-state index in [0.29, 0.717) is 27.9 Å². The summed E-state index contributed by atoms with van der Waals surface area (Å²) in [7, 11) is 0. The van der Waals surface area contributed by atoms with Crippen molar-refractivity contribution in [1.29, 1.82) is 0 Å². The quantitative estimate of drug-likeness (QED) is 0.650. The van der Waals surface area contributed by atoms with E-state index < -0.39 is 0 Å². The first-order valence-corrected chi connectivity index (χ1v) is 8.86. The van der Waals surface area contributed by atoms with E-state index in [0.717, 1.165) is 37.4 Å². The van der Waals surface area contributed by atoms with Gasteiger partial charge in [-0.15, -0.1) is 0 Å². The Bertz CT molecular complexity index is 936. The van der Waals surface area contributed by atoms with Crippen LogP contribution < -0.4 is 15.5 Å². The summed E-state index contributed by atoms with van der Waals surface area (Å²) in [5, 5.41) is 14.1. The van der Waals surface area contributed by atoms with Crippen molar-refractivity contribution in [2.45, 2.75) is 13.5 Å². The van der Waals surface area contributed by atoms with Crippen molar-refractivity contribution < 1.29 is 4.39 Å². The topological polar surface area (TPSA) is 81.8 Å². The Morgan fingerprint density at radius 2 is 2.04 bits per heavy atom. The molecule has 0 aliphatic carbocycles. The zero-order valence-electron chi connectivity index (χ0n) is 14.3. The third-order valence-corrected chi connectivity index (χ3v) is 4.66. The number of rotatable bonds is 4. The van der Waals surface area contributed by atoms with Gasteiger partial charge >= 0.3 is 0 Å². The highest BCUT2D eigenvalue weighted by Crippen LogP contribution is 2.25. The molecule has 2 aromatic heterocycles. The fourth-order valence-corrected chi connectivity index (χ4v) is 3.14. The van der Waals surface area contributed by atoms with Crippen molar-refractivity contribution >= 4 is 34.4 Å². The predicted molar refractivity (Wildman–Crippen MR) is 100 cm³/mol. The van der Waals surface area contributed by atoms with Crippen LogP contribution in [0.2, 0.25) is 5.02 Å². The van der Waals surface area contributed by atoms with Crippen molar-refractivity contribution in [3.63, 3.8) is 0 Å². The van der Waals surface area contributed by atoms with Gasteiger partial charge in [-0.3, -0.25) is 5.10 Å². The van der Waals surface area contributed by atoms with Crippen LogP contribution in [0.1, 0.15) is 11.3 Å². The van der Waals surface area contributed by atoms with E-state index in [4.69, 9.17) is 11.6 Å². The lowest BCUT2D eigenvalue weighted by molar-refractivity contribution is 0.580. The van der Waals surface area contributed by atoms with E-state index in [1.54, 1.807) is 12.1 Å². The number of H-pyrrole nitrogens is 1. The highest BCUT2D eigenvalue weighted by molar-refractivity contribution is 6.30. The molecule has 0 spiro atoms. The number of halogens is 2. The number of nitrogens with zero attached hydrogens (tertiary/aromatic N) is 4. The van der Waals surface area contributed by atoms with Crippen LogP contribution in [0.15, 0.2) is 18.2 Å². The van der Waals surface area contributed by atoms with Gasteiger partial charge in [-0.1, -0.05) is 17.7 Å². The van der Waals surface area contributed by atoms with E-state index in [-0.39, 0.29) is 12.4 Å². The molecule has 0 atom stereocenters. The van der Waals surface area contributed by atoms with Crippen LogP contribution in [0.3, 0.4) is 0 Å². The third-order valence-electron chi connectivity index (χ3n) is 4.42. The fraction of sp³-hybridized carbons (Fsp3) is 0.353. The first-order chi connectivity index (χ1) is 12.6. The van der Waals surface area contributed by atoms with Crippen molar-refractivity contribution in [2.75, 3.05) is 36.4 Å². The van der Waals surface area contributed by atoms with Gasteiger partial charge in [0, 0.05) is 43.3 Å².